The number of aryl methyl sites for hydroxylation is 1. The van der Waals surface area contributed by atoms with Gasteiger partial charge in [-0.25, -0.2) is 14.0 Å². The van der Waals surface area contributed by atoms with Crippen molar-refractivity contribution in [2.75, 3.05) is 7.11 Å². The summed E-state index contributed by atoms with van der Waals surface area (Å²) < 4.78 is 10.7. The first kappa shape index (κ1) is 19.5. The number of ether oxygens (including phenoxy) is 1. The van der Waals surface area contributed by atoms with Gasteiger partial charge in [0.1, 0.15) is 17.1 Å². The third-order valence-corrected chi connectivity index (χ3v) is 5.16. The Morgan fingerprint density at radius 1 is 0.875 bits per heavy atom. The van der Waals surface area contributed by atoms with Crippen molar-refractivity contribution in [3.05, 3.63) is 101 Å². The molecule has 0 unspecified atom stereocenters. The predicted octanol–water partition coefficient (Wildman–Crippen LogP) is 3.59. The monoisotopic (exact) mass is 424 g/mol. The number of rotatable bonds is 5. The minimum Gasteiger partial charge on any atom is -0.494 e. The standard InChI is InChI=1S/C24H20N6O2/c1-17-16-26-30(18-7-4-3-5-8-18)24(17)23-21(31)11-14-29(27-23)20-10-9-19(15-22(20)32-2)28-13-6-12-25-28/h3-16H,1-2H3. The first-order valence-corrected chi connectivity index (χ1v) is 10.0. The van der Waals surface area contributed by atoms with E-state index in [2.05, 4.69) is 15.3 Å². The van der Waals surface area contributed by atoms with Crippen LogP contribution in [-0.2, 0) is 0 Å². The van der Waals surface area contributed by atoms with Crippen molar-refractivity contribution < 1.29 is 4.74 Å². The van der Waals surface area contributed by atoms with Crippen LogP contribution in [0.1, 0.15) is 5.56 Å². The maximum absolute atomic E-state index is 12.8. The van der Waals surface area contributed by atoms with Gasteiger partial charge in [0.25, 0.3) is 0 Å². The molecule has 32 heavy (non-hydrogen) atoms. The molecule has 158 valence electrons. The van der Waals surface area contributed by atoms with Crippen molar-refractivity contribution in [2.45, 2.75) is 6.92 Å². The fourth-order valence-electron chi connectivity index (χ4n) is 3.61. The van der Waals surface area contributed by atoms with Crippen molar-refractivity contribution in [1.82, 2.24) is 29.3 Å². The second-order valence-electron chi connectivity index (χ2n) is 7.20. The fraction of sp³-hybridized carbons (Fsp3) is 0.0833. The molecule has 0 N–H and O–H groups in total. The number of para-hydroxylation sites is 1. The highest BCUT2D eigenvalue weighted by Crippen LogP contribution is 2.27. The van der Waals surface area contributed by atoms with Crippen LogP contribution in [0.4, 0.5) is 0 Å². The zero-order chi connectivity index (χ0) is 22.1. The van der Waals surface area contributed by atoms with Crippen molar-refractivity contribution >= 4 is 0 Å². The molecule has 0 atom stereocenters. The van der Waals surface area contributed by atoms with E-state index in [9.17, 15) is 4.79 Å². The van der Waals surface area contributed by atoms with Gasteiger partial charge in [-0.1, -0.05) is 18.2 Å². The SMILES string of the molecule is COc1cc(-n2cccn2)ccc1-n1ccc(=O)c(-c2c(C)cnn2-c2ccccc2)n1. The van der Waals surface area contributed by atoms with Crippen molar-refractivity contribution in [2.24, 2.45) is 0 Å². The van der Waals surface area contributed by atoms with Gasteiger partial charge in [-0.2, -0.15) is 15.3 Å². The summed E-state index contributed by atoms with van der Waals surface area (Å²) >= 11 is 0. The zero-order valence-electron chi connectivity index (χ0n) is 17.6. The Kier molecular flexibility index (Phi) is 4.87. The Bertz CT molecular complexity index is 1440. The lowest BCUT2D eigenvalue weighted by Gasteiger charge is -2.14. The van der Waals surface area contributed by atoms with E-state index in [4.69, 9.17) is 4.74 Å². The average Bonchev–Trinajstić information content (AvgIpc) is 3.50. The second kappa shape index (κ2) is 7.99. The van der Waals surface area contributed by atoms with Crippen molar-refractivity contribution in [3.8, 4) is 34.2 Å². The zero-order valence-corrected chi connectivity index (χ0v) is 17.6. The van der Waals surface area contributed by atoms with Crippen molar-refractivity contribution in [1.29, 1.82) is 0 Å². The number of methoxy groups -OCH3 is 1. The van der Waals surface area contributed by atoms with E-state index < -0.39 is 0 Å². The minimum atomic E-state index is -0.186. The molecule has 0 aliphatic carbocycles. The van der Waals surface area contributed by atoms with Gasteiger partial charge >= 0.3 is 0 Å². The van der Waals surface area contributed by atoms with Gasteiger partial charge in [-0.3, -0.25) is 4.79 Å². The molecule has 2 aromatic carbocycles. The fourth-order valence-corrected chi connectivity index (χ4v) is 3.61. The lowest BCUT2D eigenvalue weighted by Crippen LogP contribution is -2.16. The number of hydrogen-bond acceptors (Lipinski definition) is 5. The van der Waals surface area contributed by atoms with Crippen molar-refractivity contribution in [3.63, 3.8) is 0 Å². The summed E-state index contributed by atoms with van der Waals surface area (Å²) in [5.74, 6) is 0.605. The topological polar surface area (TPSA) is 79.8 Å². The Labute approximate surface area is 183 Å². The quantitative estimate of drug-likeness (QED) is 0.431. The summed E-state index contributed by atoms with van der Waals surface area (Å²) in [6.07, 6.45) is 6.95. The van der Waals surface area contributed by atoms with Crippen LogP contribution < -0.4 is 10.2 Å². The van der Waals surface area contributed by atoms with E-state index in [-0.39, 0.29) is 5.43 Å². The van der Waals surface area contributed by atoms with E-state index >= 15 is 0 Å². The molecule has 0 fully saturated rings. The molecule has 0 amide bonds. The molecule has 0 saturated heterocycles. The van der Waals surface area contributed by atoms with Gasteiger partial charge < -0.3 is 4.74 Å². The first-order valence-electron chi connectivity index (χ1n) is 10.0. The molecule has 0 aliphatic rings. The van der Waals surface area contributed by atoms with Crippen LogP contribution in [0.25, 0.3) is 28.5 Å². The number of nitrogens with zero attached hydrogens (tertiary/aromatic N) is 6. The lowest BCUT2D eigenvalue weighted by atomic mass is 10.2. The van der Waals surface area contributed by atoms with Gasteiger partial charge in [0.2, 0.25) is 5.43 Å². The van der Waals surface area contributed by atoms with E-state index in [1.165, 1.54) is 6.07 Å². The highest BCUT2D eigenvalue weighted by Gasteiger charge is 2.18. The molecule has 5 rings (SSSR count). The summed E-state index contributed by atoms with van der Waals surface area (Å²) in [4.78, 5) is 12.8. The highest BCUT2D eigenvalue weighted by atomic mass is 16.5. The number of benzene rings is 2. The second-order valence-corrected chi connectivity index (χ2v) is 7.20. The van der Waals surface area contributed by atoms with Crippen LogP contribution in [0.3, 0.4) is 0 Å². The molecule has 3 heterocycles. The van der Waals surface area contributed by atoms with Gasteiger partial charge in [-0.05, 0) is 42.8 Å². The normalized spacial score (nSPS) is 10.9. The molecule has 0 saturated carbocycles. The maximum Gasteiger partial charge on any atom is 0.209 e. The largest absolute Gasteiger partial charge is 0.494 e. The van der Waals surface area contributed by atoms with Crippen LogP contribution in [0.2, 0.25) is 0 Å². The Morgan fingerprint density at radius 3 is 2.47 bits per heavy atom. The van der Waals surface area contributed by atoms with Crippen LogP contribution in [0.5, 0.6) is 5.75 Å². The van der Waals surface area contributed by atoms with Crippen LogP contribution in [0, 0.1) is 6.92 Å². The lowest BCUT2D eigenvalue weighted by molar-refractivity contribution is 0.411. The maximum atomic E-state index is 12.8. The Morgan fingerprint density at radius 2 is 1.72 bits per heavy atom. The third kappa shape index (κ3) is 3.37. The summed E-state index contributed by atoms with van der Waals surface area (Å²) in [7, 11) is 1.60. The highest BCUT2D eigenvalue weighted by molar-refractivity contribution is 5.62. The van der Waals surface area contributed by atoms with E-state index in [0.29, 0.717) is 22.8 Å². The van der Waals surface area contributed by atoms with Gasteiger partial charge in [0.05, 0.1) is 24.7 Å². The smallest absolute Gasteiger partial charge is 0.209 e. The van der Waals surface area contributed by atoms with Gasteiger partial charge in [0.15, 0.2) is 5.69 Å². The Balaban J connectivity index is 1.64. The van der Waals surface area contributed by atoms with Crippen LogP contribution in [-0.4, -0.2) is 36.5 Å². The van der Waals surface area contributed by atoms with E-state index in [1.807, 2.05) is 67.7 Å². The Hall–Kier alpha value is -4.46. The first-order chi connectivity index (χ1) is 15.7. The third-order valence-electron chi connectivity index (χ3n) is 5.16. The molecule has 3 aromatic heterocycles. The summed E-state index contributed by atoms with van der Waals surface area (Å²) in [6, 6.07) is 18.7. The molecule has 0 spiro atoms. The molecule has 8 nitrogen and oxygen atoms in total. The summed E-state index contributed by atoms with van der Waals surface area (Å²) in [6.45, 7) is 1.92. The molecular weight excluding hydrogens is 404 g/mol. The molecule has 0 radical (unpaired) electrons. The molecule has 0 bridgehead atoms. The van der Waals surface area contributed by atoms with Crippen LogP contribution in [0.15, 0.2) is 90.2 Å². The number of hydrogen-bond donors (Lipinski definition) is 0. The predicted molar refractivity (Wildman–Crippen MR) is 121 cm³/mol. The molecule has 0 aliphatic heterocycles. The van der Waals surface area contributed by atoms with Gasteiger partial charge in [-0.15, -0.1) is 0 Å². The van der Waals surface area contributed by atoms with Gasteiger partial charge in [0, 0.05) is 30.7 Å². The molecular formula is C24H20N6O2. The minimum absolute atomic E-state index is 0.186. The summed E-state index contributed by atoms with van der Waals surface area (Å²) in [5.41, 5.74) is 4.05. The molecule has 8 heteroatoms. The average molecular weight is 424 g/mol. The van der Waals surface area contributed by atoms with E-state index in [1.54, 1.807) is 39.7 Å². The van der Waals surface area contributed by atoms with Crippen LogP contribution >= 0.6 is 0 Å². The molecule has 5 aromatic rings. The number of aromatic nitrogens is 6. The van der Waals surface area contributed by atoms with E-state index in [0.717, 1.165) is 16.9 Å². The summed E-state index contributed by atoms with van der Waals surface area (Å²) in [5, 5.41) is 13.4.